The molecule has 0 aromatic heterocycles. The molecular weight excluding hydrogens is 152 g/mol. The molecule has 0 amide bonds. The van der Waals surface area contributed by atoms with Gasteiger partial charge in [-0.25, -0.2) is 0 Å². The minimum atomic E-state index is -0.383. The number of hydrogen-bond donors (Lipinski definition) is 0. The Kier molecular flexibility index (Phi) is 22.3. The molecule has 0 aromatic rings. The molecule has 0 saturated carbocycles. The fraction of sp³-hybridized carbons (Fsp3) is 0.750. The third-order valence-corrected chi connectivity index (χ3v) is 1.35. The van der Waals surface area contributed by atoms with Crippen LogP contribution in [0.25, 0.3) is 0 Å². The molecule has 0 spiro atoms. The Balaban J connectivity index is -0.000000125. The van der Waals surface area contributed by atoms with E-state index >= 15 is 0 Å². The fourth-order valence-electron chi connectivity index (χ4n) is 0.236. The quantitative estimate of drug-likeness (QED) is 0.309. The molecule has 1 nitrogen and oxygen atoms in total. The van der Waals surface area contributed by atoms with E-state index in [0.29, 0.717) is 6.10 Å². The molecular formula is C4H11ClMgOSi. The maximum atomic E-state index is 5.07. The summed E-state index contributed by atoms with van der Waals surface area (Å²) in [6.45, 7) is 7.69. The van der Waals surface area contributed by atoms with Crippen molar-refractivity contribution in [2.24, 2.45) is 0 Å². The first-order chi connectivity index (χ1) is 2.77. The molecule has 0 rings (SSSR count). The normalized spacial score (nSPS) is 9.00. The van der Waals surface area contributed by atoms with Gasteiger partial charge in [-0.05, 0) is 13.8 Å². The molecule has 0 heterocycles. The van der Waals surface area contributed by atoms with E-state index in [1.807, 2.05) is 13.8 Å². The predicted molar refractivity (Wildman–Crippen MR) is 35.9 cm³/mol. The molecule has 8 heavy (non-hydrogen) atoms. The summed E-state index contributed by atoms with van der Waals surface area (Å²) in [4.78, 5) is 0. The fourth-order valence-corrected chi connectivity index (χ4v) is 0.707. The van der Waals surface area contributed by atoms with Crippen LogP contribution in [0, 0.1) is 6.55 Å². The van der Waals surface area contributed by atoms with Gasteiger partial charge in [0.25, 0.3) is 0 Å². The summed E-state index contributed by atoms with van der Waals surface area (Å²) >= 11 is 0. The van der Waals surface area contributed by atoms with Crippen LogP contribution in [-0.2, 0) is 4.43 Å². The molecule has 0 N–H and O–H groups in total. The van der Waals surface area contributed by atoms with E-state index in [-0.39, 0.29) is 45.2 Å². The van der Waals surface area contributed by atoms with Crippen molar-refractivity contribution in [2.45, 2.75) is 20.0 Å². The smallest absolute Gasteiger partial charge is 1.00 e. The average molecular weight is 163 g/mol. The van der Waals surface area contributed by atoms with Gasteiger partial charge < -0.3 is 23.4 Å². The first kappa shape index (κ1) is 16.1. The van der Waals surface area contributed by atoms with Gasteiger partial charge in [0.15, 0.2) is 0 Å². The number of halogens is 1. The van der Waals surface area contributed by atoms with Crippen LogP contribution in [0.2, 0.25) is 0 Å². The van der Waals surface area contributed by atoms with E-state index in [1.54, 1.807) is 0 Å². The monoisotopic (exact) mass is 162 g/mol. The van der Waals surface area contributed by atoms with Crippen molar-refractivity contribution in [3.8, 4) is 0 Å². The van der Waals surface area contributed by atoms with Crippen LogP contribution in [0.3, 0.4) is 0 Å². The zero-order valence-corrected chi connectivity index (χ0v) is 9.07. The van der Waals surface area contributed by atoms with Crippen LogP contribution in [0.15, 0.2) is 0 Å². The third kappa shape index (κ3) is 15.7. The van der Waals surface area contributed by atoms with Crippen LogP contribution >= 0.6 is 0 Å². The summed E-state index contributed by atoms with van der Waals surface area (Å²) < 4.78 is 5.07. The summed E-state index contributed by atoms with van der Waals surface area (Å²) in [5, 5.41) is 0. The van der Waals surface area contributed by atoms with Gasteiger partial charge in [-0.1, -0.05) is 0 Å². The van der Waals surface area contributed by atoms with Gasteiger partial charge in [0.2, 0.25) is 0 Å². The zero-order chi connectivity index (χ0) is 4.99. The van der Waals surface area contributed by atoms with Gasteiger partial charge in [0, 0.05) is 15.9 Å². The van der Waals surface area contributed by atoms with Crippen LogP contribution in [0.1, 0.15) is 13.8 Å². The summed E-state index contributed by atoms with van der Waals surface area (Å²) in [6, 6.07) is 0. The maximum absolute atomic E-state index is 5.07. The van der Waals surface area contributed by atoms with Crippen molar-refractivity contribution in [1.82, 2.24) is 0 Å². The number of hydrogen-bond acceptors (Lipinski definition) is 1. The average Bonchev–Trinajstić information content (AvgIpc) is 1.35. The Morgan fingerprint density at radius 1 is 1.50 bits per heavy atom. The second kappa shape index (κ2) is 11.1. The molecule has 0 atom stereocenters. The first-order valence-electron chi connectivity index (χ1n) is 2.18. The molecule has 0 aliphatic rings. The molecule has 0 aliphatic heterocycles. The Bertz CT molecular complexity index is 37.2. The maximum Gasteiger partial charge on any atom is 2.00 e. The summed E-state index contributed by atoms with van der Waals surface area (Å²) in [5.41, 5.74) is 0. The van der Waals surface area contributed by atoms with Gasteiger partial charge in [-0.2, -0.15) is 0 Å². The zero-order valence-electron chi connectivity index (χ0n) is 5.48. The molecule has 4 heteroatoms. The van der Waals surface area contributed by atoms with Crippen molar-refractivity contribution in [3.05, 3.63) is 6.55 Å². The van der Waals surface area contributed by atoms with E-state index in [9.17, 15) is 0 Å². The third-order valence-electron chi connectivity index (χ3n) is 0.451. The Hall–Kier alpha value is 1.23. The topological polar surface area (TPSA) is 9.23 Å². The Labute approximate surface area is 76.1 Å². The van der Waals surface area contributed by atoms with E-state index in [2.05, 4.69) is 6.55 Å². The van der Waals surface area contributed by atoms with Crippen molar-refractivity contribution in [2.75, 3.05) is 0 Å². The molecule has 0 fully saturated rings. The minimum Gasteiger partial charge on any atom is -1.00 e. The van der Waals surface area contributed by atoms with Crippen LogP contribution in [0.4, 0.5) is 0 Å². The van der Waals surface area contributed by atoms with Crippen molar-refractivity contribution < 1.29 is 16.8 Å². The molecule has 0 aromatic carbocycles. The van der Waals surface area contributed by atoms with Crippen molar-refractivity contribution in [3.63, 3.8) is 0 Å². The molecule has 0 saturated heterocycles. The van der Waals surface area contributed by atoms with Crippen molar-refractivity contribution in [1.29, 1.82) is 0 Å². The molecule has 0 aliphatic carbocycles. The SMILES string of the molecule is [CH2-][SiH2]OC(C)C.[Cl-].[Mg+2]. The summed E-state index contributed by atoms with van der Waals surface area (Å²) in [5.74, 6) is 0. The Morgan fingerprint density at radius 2 is 1.88 bits per heavy atom. The Morgan fingerprint density at radius 3 is 1.88 bits per heavy atom. The minimum absolute atomic E-state index is 0. The van der Waals surface area contributed by atoms with Gasteiger partial charge in [-0.3, -0.25) is 0 Å². The van der Waals surface area contributed by atoms with Gasteiger partial charge in [0.1, 0.15) is 0 Å². The van der Waals surface area contributed by atoms with Crippen LogP contribution in [0.5, 0.6) is 0 Å². The first-order valence-corrected chi connectivity index (χ1v) is 3.76. The van der Waals surface area contributed by atoms with E-state index in [0.717, 1.165) is 0 Å². The molecule has 46 valence electrons. The number of rotatable bonds is 2. The van der Waals surface area contributed by atoms with Crippen LogP contribution < -0.4 is 12.4 Å². The second-order valence-corrected chi connectivity index (χ2v) is 2.16. The standard InChI is InChI=1S/C4H11OSi.ClH.Mg/c1-4(2)5-6-3;;/h4H,3,6H2,1-2H3;1H;/q-1;;+2/p-1. The van der Waals surface area contributed by atoms with Gasteiger partial charge in [-0.15, -0.1) is 0 Å². The molecule has 0 radical (unpaired) electrons. The summed E-state index contributed by atoms with van der Waals surface area (Å²) in [7, 11) is -0.383. The molecule has 0 bridgehead atoms. The largest absolute Gasteiger partial charge is 2.00 e. The molecule has 0 unspecified atom stereocenters. The van der Waals surface area contributed by atoms with Crippen LogP contribution in [-0.4, -0.2) is 38.9 Å². The van der Waals surface area contributed by atoms with Gasteiger partial charge in [0.05, 0.1) is 0 Å². The van der Waals surface area contributed by atoms with E-state index in [4.69, 9.17) is 4.43 Å². The summed E-state index contributed by atoms with van der Waals surface area (Å²) in [6.07, 6.45) is 0.397. The van der Waals surface area contributed by atoms with Gasteiger partial charge >= 0.3 is 23.1 Å². The second-order valence-electron chi connectivity index (χ2n) is 1.42. The van der Waals surface area contributed by atoms with Crippen molar-refractivity contribution >= 4 is 32.8 Å². The predicted octanol–water partition coefficient (Wildman–Crippen LogP) is -3.09. The van der Waals surface area contributed by atoms with E-state index in [1.165, 1.54) is 0 Å². The van der Waals surface area contributed by atoms with E-state index < -0.39 is 0 Å².